The lowest BCUT2D eigenvalue weighted by Crippen LogP contribution is -2.30. The van der Waals surface area contributed by atoms with Crippen molar-refractivity contribution in [3.8, 4) is 17.2 Å². The number of rotatable bonds is 6. The van der Waals surface area contributed by atoms with Gasteiger partial charge >= 0.3 is 0 Å². The van der Waals surface area contributed by atoms with Gasteiger partial charge in [0.1, 0.15) is 17.2 Å². The van der Waals surface area contributed by atoms with E-state index >= 15 is 0 Å². The summed E-state index contributed by atoms with van der Waals surface area (Å²) in [4.78, 5) is 12.4. The van der Waals surface area contributed by atoms with Crippen LogP contribution in [0.15, 0.2) is 30.3 Å². The van der Waals surface area contributed by atoms with Crippen molar-refractivity contribution in [2.75, 3.05) is 19.5 Å². The predicted octanol–water partition coefficient (Wildman–Crippen LogP) is 5.07. The zero-order chi connectivity index (χ0) is 18.6. The molecule has 8 heteroatoms. The fourth-order valence-corrected chi connectivity index (χ4v) is 2.56. The Bertz CT molecular complexity index is 783. The number of hydrogen-bond donors (Lipinski definition) is 1. The maximum absolute atomic E-state index is 12.4. The van der Waals surface area contributed by atoms with Crippen LogP contribution in [0, 0.1) is 0 Å². The molecule has 1 atom stereocenters. The molecule has 25 heavy (non-hydrogen) atoms. The summed E-state index contributed by atoms with van der Waals surface area (Å²) in [6.07, 6.45) is -0.831. The number of carbonyl (C=O) groups excluding carboxylic acids is 1. The highest BCUT2D eigenvalue weighted by Gasteiger charge is 2.19. The second kappa shape index (κ2) is 8.52. The van der Waals surface area contributed by atoms with Crippen molar-refractivity contribution in [2.45, 2.75) is 13.0 Å². The molecule has 0 saturated heterocycles. The van der Waals surface area contributed by atoms with E-state index in [0.717, 1.165) is 0 Å². The molecule has 0 radical (unpaired) electrons. The summed E-state index contributed by atoms with van der Waals surface area (Å²) in [7, 11) is 2.95. The van der Waals surface area contributed by atoms with E-state index in [1.54, 1.807) is 37.3 Å². The Morgan fingerprint density at radius 3 is 2.28 bits per heavy atom. The first-order valence-corrected chi connectivity index (χ1v) is 8.33. The van der Waals surface area contributed by atoms with E-state index < -0.39 is 12.0 Å². The summed E-state index contributed by atoms with van der Waals surface area (Å²) in [6, 6.07) is 7.89. The molecule has 1 amide bonds. The van der Waals surface area contributed by atoms with Crippen molar-refractivity contribution in [1.82, 2.24) is 0 Å². The van der Waals surface area contributed by atoms with Crippen molar-refractivity contribution in [1.29, 1.82) is 0 Å². The summed E-state index contributed by atoms with van der Waals surface area (Å²) in [5, 5.41) is 3.89. The standard InChI is InChI=1S/C17H16Cl3NO4/c1-9(25-15-6-10(18)4-5-11(15)19)17(22)21-13-8-14(23-2)12(20)7-16(13)24-3/h4-9H,1-3H3,(H,21,22). The molecule has 1 N–H and O–H groups in total. The van der Waals surface area contributed by atoms with Crippen LogP contribution in [0.25, 0.3) is 0 Å². The lowest BCUT2D eigenvalue weighted by molar-refractivity contribution is -0.122. The van der Waals surface area contributed by atoms with Gasteiger partial charge in [-0.05, 0) is 19.1 Å². The van der Waals surface area contributed by atoms with Crippen LogP contribution in [-0.4, -0.2) is 26.2 Å². The summed E-state index contributed by atoms with van der Waals surface area (Å²) >= 11 is 18.0. The number of hydrogen-bond acceptors (Lipinski definition) is 4. The average Bonchev–Trinajstić information content (AvgIpc) is 2.59. The van der Waals surface area contributed by atoms with Crippen molar-refractivity contribution in [2.24, 2.45) is 0 Å². The molecule has 1 unspecified atom stereocenters. The van der Waals surface area contributed by atoms with Crippen LogP contribution in [0.4, 0.5) is 5.69 Å². The maximum Gasteiger partial charge on any atom is 0.265 e. The van der Waals surface area contributed by atoms with Crippen LogP contribution in [-0.2, 0) is 4.79 Å². The monoisotopic (exact) mass is 403 g/mol. The van der Waals surface area contributed by atoms with Gasteiger partial charge in [0.15, 0.2) is 6.10 Å². The van der Waals surface area contributed by atoms with Crippen molar-refractivity contribution in [3.63, 3.8) is 0 Å². The third-order valence-corrected chi connectivity index (χ3v) is 4.14. The number of nitrogens with one attached hydrogen (secondary N) is 1. The molecule has 5 nitrogen and oxygen atoms in total. The van der Waals surface area contributed by atoms with Crippen LogP contribution in [0.5, 0.6) is 17.2 Å². The van der Waals surface area contributed by atoms with Gasteiger partial charge < -0.3 is 19.5 Å². The minimum atomic E-state index is -0.831. The predicted molar refractivity (Wildman–Crippen MR) is 99.7 cm³/mol. The van der Waals surface area contributed by atoms with Gasteiger partial charge in [-0.2, -0.15) is 0 Å². The normalized spacial score (nSPS) is 11.6. The van der Waals surface area contributed by atoms with Crippen LogP contribution in [0.3, 0.4) is 0 Å². The first kappa shape index (κ1) is 19.5. The number of methoxy groups -OCH3 is 2. The number of ether oxygens (including phenoxy) is 3. The van der Waals surface area contributed by atoms with Crippen molar-refractivity contribution >= 4 is 46.4 Å². The largest absolute Gasteiger partial charge is 0.495 e. The SMILES string of the molecule is COc1cc(NC(=O)C(C)Oc2cc(Cl)ccc2Cl)c(OC)cc1Cl. The van der Waals surface area contributed by atoms with Crippen molar-refractivity contribution in [3.05, 3.63) is 45.4 Å². The molecular weight excluding hydrogens is 389 g/mol. The Labute approximate surface area is 160 Å². The topological polar surface area (TPSA) is 56.8 Å². The second-order valence-corrected chi connectivity index (χ2v) is 6.26. The quantitative estimate of drug-likeness (QED) is 0.730. The molecule has 0 bridgehead atoms. The van der Waals surface area contributed by atoms with Crippen LogP contribution in [0.1, 0.15) is 6.92 Å². The van der Waals surface area contributed by atoms with Gasteiger partial charge in [0.05, 0.1) is 30.0 Å². The highest BCUT2D eigenvalue weighted by atomic mass is 35.5. The van der Waals surface area contributed by atoms with Crippen LogP contribution in [0.2, 0.25) is 15.1 Å². The van der Waals surface area contributed by atoms with Gasteiger partial charge in [-0.25, -0.2) is 0 Å². The zero-order valence-corrected chi connectivity index (χ0v) is 16.0. The molecule has 2 aromatic rings. The molecule has 2 rings (SSSR count). The zero-order valence-electron chi connectivity index (χ0n) is 13.7. The first-order valence-electron chi connectivity index (χ1n) is 7.19. The van der Waals surface area contributed by atoms with E-state index in [1.165, 1.54) is 14.2 Å². The van der Waals surface area contributed by atoms with E-state index in [-0.39, 0.29) is 0 Å². The lowest BCUT2D eigenvalue weighted by Gasteiger charge is -2.18. The molecule has 0 aliphatic heterocycles. The summed E-state index contributed by atoms with van der Waals surface area (Å²) in [5.74, 6) is 0.715. The summed E-state index contributed by atoms with van der Waals surface area (Å²) < 4.78 is 16.0. The first-order chi connectivity index (χ1) is 11.8. The van der Waals surface area contributed by atoms with Gasteiger partial charge in [-0.3, -0.25) is 4.79 Å². The van der Waals surface area contributed by atoms with Gasteiger partial charge in [-0.1, -0.05) is 34.8 Å². The van der Waals surface area contributed by atoms with E-state index in [1.807, 2.05) is 0 Å². The Morgan fingerprint density at radius 1 is 0.960 bits per heavy atom. The van der Waals surface area contributed by atoms with Crippen molar-refractivity contribution < 1.29 is 19.0 Å². The number of carbonyl (C=O) groups is 1. The molecule has 0 fully saturated rings. The summed E-state index contributed by atoms with van der Waals surface area (Å²) in [6.45, 7) is 1.59. The molecule has 2 aromatic carbocycles. The van der Waals surface area contributed by atoms with Gasteiger partial charge in [0.25, 0.3) is 5.91 Å². The Kier molecular flexibility index (Phi) is 6.64. The number of benzene rings is 2. The molecular formula is C17H16Cl3NO4. The molecule has 0 aromatic heterocycles. The number of anilines is 1. The van der Waals surface area contributed by atoms with Crippen LogP contribution < -0.4 is 19.5 Å². The summed E-state index contributed by atoms with van der Waals surface area (Å²) in [5.41, 5.74) is 0.404. The highest BCUT2D eigenvalue weighted by Crippen LogP contribution is 2.36. The number of amides is 1. The molecule has 0 heterocycles. The fourth-order valence-electron chi connectivity index (χ4n) is 2.00. The van der Waals surface area contributed by atoms with Gasteiger partial charge in [0.2, 0.25) is 0 Å². The average molecular weight is 405 g/mol. The van der Waals surface area contributed by atoms with Crippen LogP contribution >= 0.6 is 34.8 Å². The molecule has 0 spiro atoms. The number of halogens is 3. The van der Waals surface area contributed by atoms with E-state index in [9.17, 15) is 4.79 Å². The third kappa shape index (κ3) is 4.84. The van der Waals surface area contributed by atoms with Gasteiger partial charge in [-0.15, -0.1) is 0 Å². The minimum Gasteiger partial charge on any atom is -0.495 e. The molecule has 0 aliphatic rings. The Hall–Kier alpha value is -1.82. The van der Waals surface area contributed by atoms with E-state index in [4.69, 9.17) is 49.0 Å². The fraction of sp³-hybridized carbons (Fsp3) is 0.235. The smallest absolute Gasteiger partial charge is 0.265 e. The molecule has 0 aliphatic carbocycles. The molecule has 134 valence electrons. The van der Waals surface area contributed by atoms with E-state index in [0.29, 0.717) is 38.0 Å². The minimum absolute atomic E-state index is 0.317. The third-order valence-electron chi connectivity index (χ3n) is 3.30. The second-order valence-electron chi connectivity index (χ2n) is 5.01. The van der Waals surface area contributed by atoms with Gasteiger partial charge in [0, 0.05) is 23.2 Å². The Balaban J connectivity index is 2.17. The van der Waals surface area contributed by atoms with E-state index in [2.05, 4.69) is 5.32 Å². The lowest BCUT2D eigenvalue weighted by atomic mass is 10.2. The highest BCUT2D eigenvalue weighted by molar-refractivity contribution is 6.34. The Morgan fingerprint density at radius 2 is 1.64 bits per heavy atom. The molecule has 0 saturated carbocycles. The maximum atomic E-state index is 12.4.